The molecule has 0 bridgehead atoms. The van der Waals surface area contributed by atoms with E-state index in [4.69, 9.17) is 23.2 Å². The summed E-state index contributed by atoms with van der Waals surface area (Å²) in [4.78, 5) is 28.1. The number of pyridine rings is 1. The molecule has 0 aliphatic heterocycles. The summed E-state index contributed by atoms with van der Waals surface area (Å²) in [6.45, 7) is 0. The Balaban J connectivity index is 1.97. The number of fused-ring (bicyclic) bond motifs is 1. The highest BCUT2D eigenvalue weighted by molar-refractivity contribution is 7.89. The number of nitrogens with one attached hydrogen (secondary N) is 1. The van der Waals surface area contributed by atoms with Crippen LogP contribution in [0.4, 0.5) is 0 Å². The van der Waals surface area contributed by atoms with Gasteiger partial charge in [-0.15, -0.1) is 0 Å². The summed E-state index contributed by atoms with van der Waals surface area (Å²) in [7, 11) is -3.60. The number of carbonyl (C=O) groups is 2. The zero-order chi connectivity index (χ0) is 21.3. The molecule has 0 spiro atoms. The van der Waals surface area contributed by atoms with Gasteiger partial charge in [0.25, 0.3) is 5.91 Å². The van der Waals surface area contributed by atoms with E-state index in [9.17, 15) is 23.1 Å². The van der Waals surface area contributed by atoms with Crippen LogP contribution in [0.15, 0.2) is 42.7 Å². The third kappa shape index (κ3) is 4.36. The number of benzene rings is 1. The number of hydrogen-bond donors (Lipinski definition) is 2. The molecular formula is C18H15Cl2N3O5S. The number of hydrogen-bond acceptors (Lipinski definition) is 5. The van der Waals surface area contributed by atoms with Gasteiger partial charge in [0.15, 0.2) is 0 Å². The molecule has 0 unspecified atom stereocenters. The Morgan fingerprint density at radius 3 is 2.55 bits per heavy atom. The summed E-state index contributed by atoms with van der Waals surface area (Å²) in [6.07, 6.45) is 3.56. The van der Waals surface area contributed by atoms with Gasteiger partial charge in [-0.05, 0) is 17.7 Å². The van der Waals surface area contributed by atoms with E-state index in [1.807, 2.05) is 0 Å². The van der Waals surface area contributed by atoms with Gasteiger partial charge in [-0.25, -0.2) is 22.2 Å². The molecule has 8 nitrogen and oxygen atoms in total. The first-order chi connectivity index (χ1) is 13.6. The molecule has 2 aromatic heterocycles. The molecule has 0 saturated heterocycles. The molecule has 0 aliphatic carbocycles. The molecule has 2 N–H and O–H groups in total. The number of carbonyl (C=O) groups excluding carboxylic acids is 1. The minimum Gasteiger partial charge on any atom is -0.480 e. The normalized spacial score (nSPS) is 12.7. The number of nitrogens with zero attached hydrogens (tertiary/aromatic N) is 2. The third-order valence-corrected chi connectivity index (χ3v) is 5.84. The van der Waals surface area contributed by atoms with E-state index in [-0.39, 0.29) is 22.2 Å². The number of carboxylic acid groups (broad SMARTS) is 1. The highest BCUT2D eigenvalue weighted by Gasteiger charge is 2.26. The molecular weight excluding hydrogens is 441 g/mol. The fourth-order valence-corrected chi connectivity index (χ4v) is 4.28. The van der Waals surface area contributed by atoms with Gasteiger partial charge >= 0.3 is 5.97 Å². The topological polar surface area (TPSA) is 118 Å². The molecule has 1 atom stereocenters. The number of amides is 1. The molecule has 3 rings (SSSR count). The van der Waals surface area contributed by atoms with Gasteiger partial charge in [0.2, 0.25) is 10.0 Å². The Morgan fingerprint density at radius 1 is 1.24 bits per heavy atom. The zero-order valence-electron chi connectivity index (χ0n) is 15.0. The van der Waals surface area contributed by atoms with Crippen LogP contribution in [0.3, 0.4) is 0 Å². The van der Waals surface area contributed by atoms with Crippen molar-refractivity contribution in [2.75, 3.05) is 6.26 Å². The Kier molecular flexibility index (Phi) is 5.83. The molecule has 2 heterocycles. The minimum atomic E-state index is -3.60. The smallest absolute Gasteiger partial charge is 0.326 e. The largest absolute Gasteiger partial charge is 0.480 e. The predicted octanol–water partition coefficient (Wildman–Crippen LogP) is 2.58. The van der Waals surface area contributed by atoms with E-state index in [1.54, 1.807) is 24.3 Å². The van der Waals surface area contributed by atoms with E-state index >= 15 is 0 Å². The van der Waals surface area contributed by atoms with Crippen molar-refractivity contribution in [3.63, 3.8) is 0 Å². The Morgan fingerprint density at radius 2 is 1.93 bits per heavy atom. The second-order valence-corrected chi connectivity index (χ2v) is 8.88. The van der Waals surface area contributed by atoms with Gasteiger partial charge in [0, 0.05) is 24.2 Å². The van der Waals surface area contributed by atoms with E-state index in [0.29, 0.717) is 16.5 Å². The van der Waals surface area contributed by atoms with Crippen molar-refractivity contribution in [2.45, 2.75) is 12.5 Å². The van der Waals surface area contributed by atoms with Crippen LogP contribution in [0.5, 0.6) is 0 Å². The second kappa shape index (κ2) is 8.02. The standard InChI is InChI=1S/C18H15Cl2N3O5S/c1-29(27,28)23-9-10(11-4-2-3-5-14(11)23)8-13(18(25)26)22-17(24)15-12(19)6-7-21-16(15)20/h2-7,9,13H,8H2,1H3,(H,22,24)(H,25,26)/t13-/m0/s1. The summed E-state index contributed by atoms with van der Waals surface area (Å²) in [5, 5.41) is 12.4. The summed E-state index contributed by atoms with van der Waals surface area (Å²) < 4.78 is 25.2. The van der Waals surface area contributed by atoms with E-state index in [1.165, 1.54) is 18.5 Å². The van der Waals surface area contributed by atoms with Crippen molar-refractivity contribution in [1.29, 1.82) is 0 Å². The Labute approximate surface area is 176 Å². The molecule has 11 heteroatoms. The van der Waals surface area contributed by atoms with Crippen LogP contribution in [0, 0.1) is 0 Å². The first-order valence-corrected chi connectivity index (χ1v) is 10.8. The average Bonchev–Trinajstić information content (AvgIpc) is 3.00. The quantitative estimate of drug-likeness (QED) is 0.551. The molecule has 0 fully saturated rings. The van der Waals surface area contributed by atoms with Crippen molar-refractivity contribution < 1.29 is 23.1 Å². The maximum Gasteiger partial charge on any atom is 0.326 e. The lowest BCUT2D eigenvalue weighted by Gasteiger charge is -2.15. The summed E-state index contributed by atoms with van der Waals surface area (Å²) in [6, 6.07) is 6.69. The van der Waals surface area contributed by atoms with Gasteiger partial charge in [0.1, 0.15) is 11.2 Å². The van der Waals surface area contributed by atoms with Crippen LogP contribution in [-0.4, -0.2) is 46.7 Å². The number of aromatic nitrogens is 2. The van der Waals surface area contributed by atoms with Crippen molar-refractivity contribution in [3.8, 4) is 0 Å². The number of para-hydroxylation sites is 1. The predicted molar refractivity (Wildman–Crippen MR) is 109 cm³/mol. The Bertz CT molecular complexity index is 1200. The number of rotatable bonds is 6. The van der Waals surface area contributed by atoms with Gasteiger partial charge < -0.3 is 10.4 Å². The highest BCUT2D eigenvalue weighted by Crippen LogP contribution is 2.25. The van der Waals surface area contributed by atoms with Crippen molar-refractivity contribution in [1.82, 2.24) is 14.3 Å². The van der Waals surface area contributed by atoms with Crippen molar-refractivity contribution in [3.05, 3.63) is 64.0 Å². The van der Waals surface area contributed by atoms with Crippen LogP contribution in [0.1, 0.15) is 15.9 Å². The molecule has 3 aromatic rings. The van der Waals surface area contributed by atoms with Crippen LogP contribution in [0.25, 0.3) is 10.9 Å². The van der Waals surface area contributed by atoms with E-state index in [2.05, 4.69) is 10.3 Å². The average molecular weight is 456 g/mol. The lowest BCUT2D eigenvalue weighted by molar-refractivity contribution is -0.139. The fraction of sp³-hybridized carbons (Fsp3) is 0.167. The molecule has 0 saturated carbocycles. The fourth-order valence-electron chi connectivity index (χ4n) is 2.92. The molecule has 1 amide bonds. The molecule has 1 aromatic carbocycles. The lowest BCUT2D eigenvalue weighted by atomic mass is 10.0. The van der Waals surface area contributed by atoms with Gasteiger partial charge in [-0.1, -0.05) is 41.4 Å². The first-order valence-electron chi connectivity index (χ1n) is 8.22. The lowest BCUT2D eigenvalue weighted by Crippen LogP contribution is -2.42. The van der Waals surface area contributed by atoms with Gasteiger partial charge in [-0.2, -0.15) is 0 Å². The van der Waals surface area contributed by atoms with Crippen LogP contribution in [-0.2, 0) is 21.2 Å². The monoisotopic (exact) mass is 455 g/mol. The number of aliphatic carboxylic acids is 1. The first kappa shape index (κ1) is 21.1. The van der Waals surface area contributed by atoms with Crippen LogP contribution < -0.4 is 5.32 Å². The van der Waals surface area contributed by atoms with Crippen LogP contribution >= 0.6 is 23.2 Å². The van der Waals surface area contributed by atoms with Gasteiger partial charge in [0.05, 0.1) is 22.4 Å². The van der Waals surface area contributed by atoms with E-state index in [0.717, 1.165) is 10.2 Å². The van der Waals surface area contributed by atoms with Gasteiger partial charge in [-0.3, -0.25) is 4.79 Å². The molecule has 0 aliphatic rings. The molecule has 0 radical (unpaired) electrons. The molecule has 152 valence electrons. The maximum absolute atomic E-state index is 12.5. The van der Waals surface area contributed by atoms with Crippen molar-refractivity contribution >= 4 is 56.0 Å². The number of carboxylic acids is 1. The summed E-state index contributed by atoms with van der Waals surface area (Å²) in [5.74, 6) is -2.10. The number of halogens is 2. The van der Waals surface area contributed by atoms with Crippen LogP contribution in [0.2, 0.25) is 10.2 Å². The SMILES string of the molecule is CS(=O)(=O)n1cc(C[C@H](NC(=O)c2c(Cl)ccnc2Cl)C(=O)O)c2ccccc21. The third-order valence-electron chi connectivity index (χ3n) is 4.23. The summed E-state index contributed by atoms with van der Waals surface area (Å²) >= 11 is 11.9. The highest BCUT2D eigenvalue weighted by atomic mass is 35.5. The minimum absolute atomic E-state index is 0.0281. The summed E-state index contributed by atoms with van der Waals surface area (Å²) in [5.41, 5.74) is 0.724. The van der Waals surface area contributed by atoms with Crippen molar-refractivity contribution in [2.24, 2.45) is 0 Å². The Hall–Kier alpha value is -2.62. The van der Waals surface area contributed by atoms with E-state index < -0.39 is 27.9 Å². The second-order valence-electron chi connectivity index (χ2n) is 6.26. The zero-order valence-corrected chi connectivity index (χ0v) is 17.3. The molecule has 29 heavy (non-hydrogen) atoms. The maximum atomic E-state index is 12.5.